The quantitative estimate of drug-likeness (QED) is 0.514. The zero-order valence-electron chi connectivity index (χ0n) is 13.9. The fourth-order valence-corrected chi connectivity index (χ4v) is 2.23. The van der Waals surface area contributed by atoms with Gasteiger partial charge in [-0.05, 0) is 24.3 Å². The third-order valence-electron chi connectivity index (χ3n) is 3.53. The number of nitrogens with zero attached hydrogens (tertiary/aromatic N) is 3. The molecule has 0 spiro atoms. The minimum absolute atomic E-state index is 0.0112. The molecule has 1 amide bonds. The van der Waals surface area contributed by atoms with E-state index in [2.05, 4.69) is 10.4 Å². The van der Waals surface area contributed by atoms with E-state index in [1.165, 1.54) is 24.3 Å². The van der Waals surface area contributed by atoms with Crippen LogP contribution >= 0.6 is 0 Å². The molecule has 9 nitrogen and oxygen atoms in total. The first kappa shape index (κ1) is 17.2. The predicted molar refractivity (Wildman–Crippen MR) is 90.5 cm³/mol. The average Bonchev–Trinajstić information content (AvgIpc) is 3.27. The van der Waals surface area contributed by atoms with E-state index in [9.17, 15) is 14.9 Å². The normalized spacial score (nSPS) is 10.5. The molecular weight excluding hydrogens is 340 g/mol. The molecule has 0 bridgehead atoms. The number of nitrogens with one attached hydrogen (secondary N) is 1. The van der Waals surface area contributed by atoms with Crippen molar-refractivity contribution < 1.29 is 18.9 Å². The highest BCUT2D eigenvalue weighted by Crippen LogP contribution is 2.19. The fourth-order valence-electron chi connectivity index (χ4n) is 2.23. The SMILES string of the molecule is Cn1cc(CNC(=O)c2ccc(COc3ccc([N+](=O)[O-])cc3)o2)cn1. The van der Waals surface area contributed by atoms with Crippen LogP contribution in [0, 0.1) is 10.1 Å². The van der Waals surface area contributed by atoms with Crippen LogP contribution in [0.15, 0.2) is 53.2 Å². The Balaban J connectivity index is 1.52. The van der Waals surface area contributed by atoms with E-state index >= 15 is 0 Å². The van der Waals surface area contributed by atoms with Crippen LogP contribution < -0.4 is 10.1 Å². The van der Waals surface area contributed by atoms with Crippen molar-refractivity contribution in [3.63, 3.8) is 0 Å². The van der Waals surface area contributed by atoms with Crippen molar-refractivity contribution in [3.05, 3.63) is 76.0 Å². The summed E-state index contributed by atoms with van der Waals surface area (Å²) in [4.78, 5) is 22.2. The summed E-state index contributed by atoms with van der Waals surface area (Å²) in [5, 5.41) is 17.4. The van der Waals surface area contributed by atoms with Crippen LogP contribution in [0.25, 0.3) is 0 Å². The van der Waals surface area contributed by atoms with Gasteiger partial charge in [0.1, 0.15) is 18.1 Å². The topological polar surface area (TPSA) is 112 Å². The molecule has 2 aromatic heterocycles. The number of carbonyl (C=O) groups is 1. The zero-order valence-corrected chi connectivity index (χ0v) is 13.9. The first-order valence-electron chi connectivity index (χ1n) is 7.73. The predicted octanol–water partition coefficient (Wildman–Crippen LogP) is 2.43. The smallest absolute Gasteiger partial charge is 0.287 e. The molecule has 0 atom stereocenters. The van der Waals surface area contributed by atoms with Crippen molar-refractivity contribution in [2.75, 3.05) is 0 Å². The van der Waals surface area contributed by atoms with E-state index in [0.717, 1.165) is 5.56 Å². The highest BCUT2D eigenvalue weighted by molar-refractivity contribution is 5.91. The Morgan fingerprint density at radius 2 is 2.08 bits per heavy atom. The number of hydrogen-bond acceptors (Lipinski definition) is 6. The third-order valence-corrected chi connectivity index (χ3v) is 3.53. The Labute approximate surface area is 148 Å². The summed E-state index contributed by atoms with van der Waals surface area (Å²) in [6.45, 7) is 0.454. The maximum Gasteiger partial charge on any atom is 0.287 e. The van der Waals surface area contributed by atoms with Gasteiger partial charge in [-0.1, -0.05) is 0 Å². The van der Waals surface area contributed by atoms with Crippen molar-refractivity contribution in [3.8, 4) is 5.75 Å². The second-order valence-corrected chi connectivity index (χ2v) is 5.51. The minimum Gasteiger partial charge on any atom is -0.486 e. The Morgan fingerprint density at radius 3 is 2.73 bits per heavy atom. The van der Waals surface area contributed by atoms with Crippen LogP contribution in [-0.4, -0.2) is 20.6 Å². The summed E-state index contributed by atoms with van der Waals surface area (Å²) < 4.78 is 12.6. The molecule has 3 rings (SSSR count). The van der Waals surface area contributed by atoms with Gasteiger partial charge in [0, 0.05) is 37.5 Å². The molecule has 0 aliphatic carbocycles. The number of amides is 1. The first-order valence-corrected chi connectivity index (χ1v) is 7.73. The molecule has 0 saturated heterocycles. The number of nitro benzene ring substituents is 1. The number of nitro groups is 1. The van der Waals surface area contributed by atoms with Gasteiger partial charge in [-0.15, -0.1) is 0 Å². The molecule has 1 aromatic carbocycles. The van der Waals surface area contributed by atoms with Crippen molar-refractivity contribution in [2.45, 2.75) is 13.2 Å². The second kappa shape index (κ2) is 7.51. The van der Waals surface area contributed by atoms with Gasteiger partial charge in [0.2, 0.25) is 0 Å². The van der Waals surface area contributed by atoms with Gasteiger partial charge in [-0.3, -0.25) is 19.6 Å². The summed E-state index contributed by atoms with van der Waals surface area (Å²) in [5.41, 5.74) is 0.872. The highest BCUT2D eigenvalue weighted by Gasteiger charge is 2.12. The highest BCUT2D eigenvalue weighted by atomic mass is 16.6. The van der Waals surface area contributed by atoms with Crippen LogP contribution in [0.1, 0.15) is 21.9 Å². The number of rotatable bonds is 7. The number of ether oxygens (including phenoxy) is 1. The van der Waals surface area contributed by atoms with E-state index in [-0.39, 0.29) is 24.0 Å². The number of hydrogen-bond donors (Lipinski definition) is 1. The summed E-state index contributed by atoms with van der Waals surface area (Å²) in [5.74, 6) is 0.774. The number of non-ortho nitro benzene ring substituents is 1. The van der Waals surface area contributed by atoms with Gasteiger partial charge in [0.15, 0.2) is 5.76 Å². The lowest BCUT2D eigenvalue weighted by atomic mass is 10.3. The summed E-state index contributed by atoms with van der Waals surface area (Å²) in [6, 6.07) is 8.92. The third kappa shape index (κ3) is 4.26. The molecular formula is C17H16N4O5. The molecule has 0 aliphatic heterocycles. The van der Waals surface area contributed by atoms with Gasteiger partial charge in [-0.25, -0.2) is 0 Å². The molecule has 0 saturated carbocycles. The van der Waals surface area contributed by atoms with Crippen molar-refractivity contribution >= 4 is 11.6 Å². The molecule has 0 fully saturated rings. The molecule has 134 valence electrons. The Hall–Kier alpha value is -3.62. The van der Waals surface area contributed by atoms with Crippen LogP contribution in [0.4, 0.5) is 5.69 Å². The minimum atomic E-state index is -0.479. The molecule has 0 radical (unpaired) electrons. The lowest BCUT2D eigenvalue weighted by Gasteiger charge is -2.04. The maximum absolute atomic E-state index is 12.1. The fraction of sp³-hybridized carbons (Fsp3) is 0.176. The van der Waals surface area contributed by atoms with Crippen LogP contribution in [0.3, 0.4) is 0 Å². The van der Waals surface area contributed by atoms with E-state index in [0.29, 0.717) is 18.1 Å². The van der Waals surface area contributed by atoms with Gasteiger partial charge in [0.25, 0.3) is 11.6 Å². The van der Waals surface area contributed by atoms with Crippen molar-refractivity contribution in [1.82, 2.24) is 15.1 Å². The Bertz CT molecular complexity index is 913. The van der Waals surface area contributed by atoms with E-state index in [4.69, 9.17) is 9.15 Å². The number of aromatic nitrogens is 2. The van der Waals surface area contributed by atoms with Gasteiger partial charge >= 0.3 is 0 Å². The van der Waals surface area contributed by atoms with E-state index < -0.39 is 4.92 Å². The zero-order chi connectivity index (χ0) is 18.5. The monoisotopic (exact) mass is 356 g/mol. The lowest BCUT2D eigenvalue weighted by molar-refractivity contribution is -0.384. The van der Waals surface area contributed by atoms with Crippen LogP contribution in [-0.2, 0) is 20.2 Å². The largest absolute Gasteiger partial charge is 0.486 e. The summed E-state index contributed by atoms with van der Waals surface area (Å²) in [6.07, 6.45) is 3.48. The second-order valence-electron chi connectivity index (χ2n) is 5.51. The van der Waals surface area contributed by atoms with Gasteiger partial charge in [-0.2, -0.15) is 5.10 Å². The van der Waals surface area contributed by atoms with Crippen LogP contribution in [0.5, 0.6) is 5.75 Å². The van der Waals surface area contributed by atoms with E-state index in [1.807, 2.05) is 6.20 Å². The molecule has 0 aliphatic rings. The number of benzene rings is 1. The molecule has 2 heterocycles. The van der Waals surface area contributed by atoms with Crippen molar-refractivity contribution in [1.29, 1.82) is 0 Å². The standard InChI is InChI=1S/C17H16N4O5/c1-20-10-12(9-19-20)8-18-17(22)16-7-6-15(26-16)11-25-14-4-2-13(3-5-14)21(23)24/h2-7,9-10H,8,11H2,1H3,(H,18,22). The number of aryl methyl sites for hydroxylation is 1. The Kier molecular flexibility index (Phi) is 4.97. The first-order chi connectivity index (χ1) is 12.5. The average molecular weight is 356 g/mol. The number of furan rings is 1. The van der Waals surface area contributed by atoms with Gasteiger partial charge in [0.05, 0.1) is 11.1 Å². The lowest BCUT2D eigenvalue weighted by Crippen LogP contribution is -2.22. The summed E-state index contributed by atoms with van der Waals surface area (Å²) >= 11 is 0. The van der Waals surface area contributed by atoms with Crippen molar-refractivity contribution in [2.24, 2.45) is 7.05 Å². The molecule has 1 N–H and O–H groups in total. The molecule has 0 unspecified atom stereocenters. The molecule has 3 aromatic rings. The van der Waals surface area contributed by atoms with Crippen LogP contribution in [0.2, 0.25) is 0 Å². The van der Waals surface area contributed by atoms with E-state index in [1.54, 1.807) is 30.1 Å². The number of carbonyl (C=O) groups excluding carboxylic acids is 1. The molecule has 26 heavy (non-hydrogen) atoms. The Morgan fingerprint density at radius 1 is 1.31 bits per heavy atom. The summed E-state index contributed by atoms with van der Waals surface area (Å²) in [7, 11) is 1.80. The maximum atomic E-state index is 12.1. The molecule has 9 heteroatoms. The van der Waals surface area contributed by atoms with Gasteiger partial charge < -0.3 is 14.5 Å².